The highest BCUT2D eigenvalue weighted by molar-refractivity contribution is 7.98. The van der Waals surface area contributed by atoms with E-state index in [1.54, 1.807) is 16.5 Å². The lowest BCUT2D eigenvalue weighted by Crippen LogP contribution is -2.31. The standard InChI is InChI=1S/C21H23N5O2S/c1-12-16(13(2)26-20(22-12)23-21(24-26)29-5)11-19(27)25(4)14(3)18-10-15-8-6-7-9-17(15)28-18/h6-10,14H,11H2,1-5H3. The molecule has 1 aromatic carbocycles. The molecule has 0 saturated carbocycles. The lowest BCUT2D eigenvalue weighted by molar-refractivity contribution is -0.131. The second-order valence-electron chi connectivity index (χ2n) is 7.12. The summed E-state index contributed by atoms with van der Waals surface area (Å²) in [5.74, 6) is 1.32. The number of furan rings is 1. The largest absolute Gasteiger partial charge is 0.459 e. The van der Waals surface area contributed by atoms with Gasteiger partial charge in [-0.1, -0.05) is 30.0 Å². The van der Waals surface area contributed by atoms with Crippen LogP contribution < -0.4 is 0 Å². The Balaban J connectivity index is 1.59. The molecule has 8 heteroatoms. The molecular weight excluding hydrogens is 386 g/mol. The van der Waals surface area contributed by atoms with E-state index in [2.05, 4.69) is 15.1 Å². The number of thioether (sulfide) groups is 1. The van der Waals surface area contributed by atoms with E-state index in [-0.39, 0.29) is 18.4 Å². The Hall–Kier alpha value is -2.87. The molecule has 1 atom stereocenters. The molecule has 0 saturated heterocycles. The fraction of sp³-hybridized carbons (Fsp3) is 0.333. The second kappa shape index (κ2) is 7.51. The number of aryl methyl sites for hydroxylation is 2. The summed E-state index contributed by atoms with van der Waals surface area (Å²) in [6.45, 7) is 5.83. The summed E-state index contributed by atoms with van der Waals surface area (Å²) in [6, 6.07) is 9.67. The molecular formula is C21H23N5O2S. The molecule has 0 fully saturated rings. The van der Waals surface area contributed by atoms with Crippen LogP contribution in [0.25, 0.3) is 16.7 Å². The van der Waals surface area contributed by atoms with Gasteiger partial charge >= 0.3 is 0 Å². The minimum absolute atomic E-state index is 0.00416. The SMILES string of the molecule is CSc1nc2nc(C)c(CC(=O)N(C)C(C)c3cc4ccccc4o3)c(C)n2n1. The number of nitrogens with zero attached hydrogens (tertiary/aromatic N) is 5. The van der Waals surface area contributed by atoms with Crippen molar-refractivity contribution < 1.29 is 9.21 Å². The number of hydrogen-bond acceptors (Lipinski definition) is 6. The molecule has 0 aliphatic heterocycles. The highest BCUT2D eigenvalue weighted by Crippen LogP contribution is 2.27. The first-order valence-corrected chi connectivity index (χ1v) is 10.6. The van der Waals surface area contributed by atoms with E-state index in [0.717, 1.165) is 33.7 Å². The van der Waals surface area contributed by atoms with Gasteiger partial charge in [-0.05, 0) is 39.2 Å². The van der Waals surface area contributed by atoms with Crippen molar-refractivity contribution in [1.29, 1.82) is 0 Å². The smallest absolute Gasteiger partial charge is 0.253 e. The molecule has 0 spiro atoms. The van der Waals surface area contributed by atoms with Crippen LogP contribution in [0.2, 0.25) is 0 Å². The average molecular weight is 410 g/mol. The number of hydrogen-bond donors (Lipinski definition) is 0. The molecule has 1 unspecified atom stereocenters. The van der Waals surface area contributed by atoms with Crippen LogP contribution in [0, 0.1) is 13.8 Å². The van der Waals surface area contributed by atoms with Crippen LogP contribution in [0.15, 0.2) is 39.9 Å². The monoisotopic (exact) mass is 409 g/mol. The first-order valence-electron chi connectivity index (χ1n) is 9.40. The van der Waals surface area contributed by atoms with E-state index in [4.69, 9.17) is 4.42 Å². The number of aromatic nitrogens is 4. The number of fused-ring (bicyclic) bond motifs is 2. The Morgan fingerprint density at radius 3 is 2.76 bits per heavy atom. The van der Waals surface area contributed by atoms with E-state index in [1.807, 2.05) is 57.4 Å². The third-order valence-corrected chi connectivity index (χ3v) is 5.91. The zero-order valence-corrected chi connectivity index (χ0v) is 17.9. The van der Waals surface area contributed by atoms with E-state index in [1.165, 1.54) is 11.8 Å². The molecule has 4 rings (SSSR count). The predicted molar refractivity (Wildman–Crippen MR) is 113 cm³/mol. The fourth-order valence-electron chi connectivity index (χ4n) is 3.42. The van der Waals surface area contributed by atoms with Crippen molar-refractivity contribution in [2.45, 2.75) is 38.4 Å². The second-order valence-corrected chi connectivity index (χ2v) is 7.89. The summed E-state index contributed by atoms with van der Waals surface area (Å²) in [5, 5.41) is 6.16. The minimum Gasteiger partial charge on any atom is -0.459 e. The maximum absolute atomic E-state index is 13.1. The number of rotatable bonds is 5. The van der Waals surface area contributed by atoms with Crippen molar-refractivity contribution in [3.8, 4) is 0 Å². The normalized spacial score (nSPS) is 12.6. The van der Waals surface area contributed by atoms with Crippen molar-refractivity contribution in [3.63, 3.8) is 0 Å². The topological polar surface area (TPSA) is 76.5 Å². The van der Waals surface area contributed by atoms with Crippen LogP contribution in [0.4, 0.5) is 0 Å². The molecule has 29 heavy (non-hydrogen) atoms. The van der Waals surface area contributed by atoms with Gasteiger partial charge in [0.2, 0.25) is 11.1 Å². The van der Waals surface area contributed by atoms with Gasteiger partial charge in [0.25, 0.3) is 5.78 Å². The summed E-state index contributed by atoms with van der Waals surface area (Å²) in [7, 11) is 1.80. The Kier molecular flexibility index (Phi) is 5.04. The lowest BCUT2D eigenvalue weighted by atomic mass is 10.1. The first kappa shape index (κ1) is 19.4. The lowest BCUT2D eigenvalue weighted by Gasteiger charge is -2.24. The maximum Gasteiger partial charge on any atom is 0.253 e. The molecule has 0 bridgehead atoms. The third kappa shape index (κ3) is 3.48. The summed E-state index contributed by atoms with van der Waals surface area (Å²) < 4.78 is 7.65. The number of benzene rings is 1. The maximum atomic E-state index is 13.1. The van der Waals surface area contributed by atoms with Gasteiger partial charge in [0.05, 0.1) is 12.5 Å². The van der Waals surface area contributed by atoms with Crippen LogP contribution in [0.5, 0.6) is 0 Å². The van der Waals surface area contributed by atoms with Crippen molar-refractivity contribution in [2.24, 2.45) is 0 Å². The molecule has 0 radical (unpaired) electrons. The van der Waals surface area contributed by atoms with Crippen LogP contribution in [0.1, 0.15) is 35.7 Å². The van der Waals surface area contributed by atoms with Crippen molar-refractivity contribution >= 4 is 34.4 Å². The Bertz CT molecular complexity index is 1180. The zero-order valence-electron chi connectivity index (χ0n) is 17.1. The Morgan fingerprint density at radius 2 is 2.03 bits per heavy atom. The van der Waals surface area contributed by atoms with Crippen molar-refractivity contribution in [1.82, 2.24) is 24.5 Å². The highest BCUT2D eigenvalue weighted by atomic mass is 32.2. The number of amides is 1. The average Bonchev–Trinajstić information content (AvgIpc) is 3.33. The summed E-state index contributed by atoms with van der Waals surface area (Å²) >= 11 is 1.47. The summed E-state index contributed by atoms with van der Waals surface area (Å²) in [5.41, 5.74) is 3.39. The number of para-hydroxylation sites is 1. The summed E-state index contributed by atoms with van der Waals surface area (Å²) in [4.78, 5) is 23.7. The molecule has 150 valence electrons. The fourth-order valence-corrected chi connectivity index (χ4v) is 3.76. The number of carbonyl (C=O) groups is 1. The first-order chi connectivity index (χ1) is 13.9. The van der Waals surface area contributed by atoms with Crippen LogP contribution in [-0.4, -0.2) is 43.7 Å². The van der Waals surface area contributed by atoms with Crippen LogP contribution in [0.3, 0.4) is 0 Å². The zero-order chi connectivity index (χ0) is 20.7. The third-order valence-electron chi connectivity index (χ3n) is 5.37. The minimum atomic E-state index is -0.179. The molecule has 1 amide bonds. The quantitative estimate of drug-likeness (QED) is 0.464. The van der Waals surface area contributed by atoms with Crippen LogP contribution in [-0.2, 0) is 11.2 Å². The predicted octanol–water partition coefficient (Wildman–Crippen LogP) is 3.97. The van der Waals surface area contributed by atoms with E-state index in [0.29, 0.717) is 10.9 Å². The van der Waals surface area contributed by atoms with E-state index in [9.17, 15) is 4.79 Å². The van der Waals surface area contributed by atoms with E-state index >= 15 is 0 Å². The highest BCUT2D eigenvalue weighted by Gasteiger charge is 2.23. The summed E-state index contributed by atoms with van der Waals surface area (Å²) in [6.07, 6.45) is 2.17. The van der Waals surface area contributed by atoms with Crippen molar-refractivity contribution in [3.05, 3.63) is 53.0 Å². The van der Waals surface area contributed by atoms with Crippen LogP contribution >= 0.6 is 11.8 Å². The molecule has 4 aromatic rings. The van der Waals surface area contributed by atoms with Gasteiger partial charge in [0.15, 0.2) is 0 Å². The molecule has 7 nitrogen and oxygen atoms in total. The Labute approximate surface area is 173 Å². The van der Waals surface area contributed by atoms with Gasteiger partial charge in [-0.15, -0.1) is 5.10 Å². The van der Waals surface area contributed by atoms with Gasteiger partial charge < -0.3 is 9.32 Å². The molecule has 3 heterocycles. The molecule has 0 aliphatic rings. The van der Waals surface area contributed by atoms with Gasteiger partial charge in [0, 0.05) is 29.4 Å². The number of likely N-dealkylation sites (N-methyl/N-ethyl adjacent to an activating group) is 1. The molecule has 0 aliphatic carbocycles. The van der Waals surface area contributed by atoms with Gasteiger partial charge in [-0.25, -0.2) is 9.50 Å². The molecule has 3 aromatic heterocycles. The number of carbonyl (C=O) groups excluding carboxylic acids is 1. The van der Waals surface area contributed by atoms with Crippen molar-refractivity contribution in [2.75, 3.05) is 13.3 Å². The van der Waals surface area contributed by atoms with Gasteiger partial charge in [-0.3, -0.25) is 4.79 Å². The Morgan fingerprint density at radius 1 is 1.28 bits per heavy atom. The van der Waals surface area contributed by atoms with E-state index < -0.39 is 0 Å². The molecule has 0 N–H and O–H groups in total. The van der Waals surface area contributed by atoms with Gasteiger partial charge in [-0.2, -0.15) is 4.98 Å². The van der Waals surface area contributed by atoms with Gasteiger partial charge in [0.1, 0.15) is 11.3 Å².